The Morgan fingerprint density at radius 1 is 1.09 bits per heavy atom. The van der Waals surface area contributed by atoms with Crippen molar-refractivity contribution in [2.75, 3.05) is 13.1 Å². The molecule has 0 unspecified atom stereocenters. The predicted octanol–water partition coefficient (Wildman–Crippen LogP) is 5.77. The Balaban J connectivity index is 1.37. The fraction of sp³-hybridized carbons (Fsp3) is 0.440. The molecule has 3 aromatic heterocycles. The van der Waals surface area contributed by atoms with Crippen LogP contribution in [0.3, 0.4) is 0 Å². The van der Waals surface area contributed by atoms with Crippen molar-refractivity contribution in [3.8, 4) is 0 Å². The Morgan fingerprint density at radius 3 is 2.50 bits per heavy atom. The molecule has 1 aromatic carbocycles. The average molecular weight is 449 g/mol. The van der Waals surface area contributed by atoms with Crippen LogP contribution in [0.1, 0.15) is 72.2 Å². The number of likely N-dealkylation sites (tertiary alicyclic amines) is 1. The molecule has 1 fully saturated rings. The Morgan fingerprint density at radius 2 is 1.81 bits per heavy atom. The molecule has 0 aliphatic carbocycles. The first-order valence-electron chi connectivity index (χ1n) is 11.2. The van der Waals surface area contributed by atoms with E-state index < -0.39 is 0 Å². The highest BCUT2D eigenvalue weighted by Crippen LogP contribution is 2.35. The fourth-order valence-corrected chi connectivity index (χ4v) is 5.62. The van der Waals surface area contributed by atoms with Gasteiger partial charge in [0.25, 0.3) is 5.91 Å². The number of amides is 1. The van der Waals surface area contributed by atoms with Crippen LogP contribution in [0.15, 0.2) is 28.7 Å². The maximum atomic E-state index is 13.4. The number of aryl methyl sites for hydroxylation is 2. The summed E-state index contributed by atoms with van der Waals surface area (Å²) in [6, 6.07) is 7.86. The Labute approximate surface area is 191 Å². The maximum absolute atomic E-state index is 13.4. The van der Waals surface area contributed by atoms with Crippen LogP contribution in [0.25, 0.3) is 21.3 Å². The number of thiophene rings is 1. The zero-order chi connectivity index (χ0) is 22.6. The van der Waals surface area contributed by atoms with E-state index in [0.717, 1.165) is 62.0 Å². The number of hydrogen-bond donors (Lipinski definition) is 0. The van der Waals surface area contributed by atoms with E-state index in [1.54, 1.807) is 0 Å². The molecule has 1 saturated heterocycles. The Kier molecular flexibility index (Phi) is 5.04. The van der Waals surface area contributed by atoms with Gasteiger partial charge in [0.05, 0.1) is 10.6 Å². The van der Waals surface area contributed by atoms with E-state index in [1.807, 2.05) is 43.0 Å². The lowest BCUT2D eigenvalue weighted by Crippen LogP contribution is -2.37. The van der Waals surface area contributed by atoms with Gasteiger partial charge in [-0.05, 0) is 44.4 Å². The normalized spacial score (nSPS) is 15.7. The predicted molar refractivity (Wildman–Crippen MR) is 127 cm³/mol. The molecule has 0 atom stereocenters. The van der Waals surface area contributed by atoms with E-state index >= 15 is 0 Å². The summed E-state index contributed by atoms with van der Waals surface area (Å²) >= 11 is 1.50. The van der Waals surface area contributed by atoms with Crippen LogP contribution in [0.4, 0.5) is 0 Å². The van der Waals surface area contributed by atoms with Gasteiger partial charge in [-0.1, -0.05) is 32.9 Å². The van der Waals surface area contributed by atoms with Crippen molar-refractivity contribution in [1.29, 1.82) is 0 Å². The molecule has 0 N–H and O–H groups in total. The summed E-state index contributed by atoms with van der Waals surface area (Å²) in [5.41, 5.74) is 3.53. The van der Waals surface area contributed by atoms with Crippen LogP contribution in [-0.4, -0.2) is 38.8 Å². The van der Waals surface area contributed by atoms with Gasteiger partial charge in [-0.25, -0.2) is 15.0 Å². The molecule has 0 bridgehead atoms. The summed E-state index contributed by atoms with van der Waals surface area (Å²) in [7, 11) is 0. The quantitative estimate of drug-likeness (QED) is 0.389. The third kappa shape index (κ3) is 3.58. The molecule has 1 aliphatic heterocycles. The van der Waals surface area contributed by atoms with Gasteiger partial charge in [0.2, 0.25) is 0 Å². The molecule has 5 rings (SSSR count). The van der Waals surface area contributed by atoms with Crippen LogP contribution < -0.4 is 0 Å². The molecule has 1 aliphatic rings. The minimum Gasteiger partial charge on any atom is -0.440 e. The summed E-state index contributed by atoms with van der Waals surface area (Å²) < 4.78 is 5.97. The minimum absolute atomic E-state index is 0.0956. The molecule has 4 aromatic rings. The molecule has 1 amide bonds. The lowest BCUT2D eigenvalue weighted by Gasteiger charge is -2.30. The summed E-state index contributed by atoms with van der Waals surface area (Å²) in [6.45, 7) is 11.8. The summed E-state index contributed by atoms with van der Waals surface area (Å²) in [4.78, 5) is 31.3. The SMILES string of the molecule is Cc1nc(C(C)(C)C)nc2sc(C(=O)N3CCC(c4nc5ccccc5o4)CC3)c(C)c12. The Bertz CT molecular complexity index is 1290. The first-order valence-corrected chi connectivity index (χ1v) is 12.0. The van der Waals surface area contributed by atoms with E-state index in [1.165, 1.54) is 11.3 Å². The highest BCUT2D eigenvalue weighted by atomic mass is 32.1. The molecule has 6 nitrogen and oxygen atoms in total. The van der Waals surface area contributed by atoms with Crippen molar-refractivity contribution in [2.24, 2.45) is 0 Å². The van der Waals surface area contributed by atoms with Crippen molar-refractivity contribution in [3.05, 3.63) is 52.1 Å². The monoisotopic (exact) mass is 448 g/mol. The van der Waals surface area contributed by atoms with Crippen LogP contribution in [0.2, 0.25) is 0 Å². The van der Waals surface area contributed by atoms with E-state index in [0.29, 0.717) is 13.1 Å². The van der Waals surface area contributed by atoms with Crippen LogP contribution in [-0.2, 0) is 5.41 Å². The molecule has 0 radical (unpaired) electrons. The van der Waals surface area contributed by atoms with Gasteiger partial charge in [-0.3, -0.25) is 4.79 Å². The second-order valence-electron chi connectivity index (χ2n) is 9.71. The van der Waals surface area contributed by atoms with Gasteiger partial charge in [0.1, 0.15) is 16.2 Å². The third-order valence-corrected chi connectivity index (χ3v) is 7.45. The van der Waals surface area contributed by atoms with Crippen molar-refractivity contribution in [2.45, 2.75) is 58.8 Å². The van der Waals surface area contributed by atoms with Gasteiger partial charge >= 0.3 is 0 Å². The fourth-order valence-electron chi connectivity index (χ4n) is 4.42. The molecule has 0 spiro atoms. The number of benzene rings is 1. The van der Waals surface area contributed by atoms with Crippen LogP contribution in [0.5, 0.6) is 0 Å². The molecule has 166 valence electrons. The average Bonchev–Trinajstić information content (AvgIpc) is 3.34. The number of oxazole rings is 1. The highest BCUT2D eigenvalue weighted by molar-refractivity contribution is 7.20. The number of aromatic nitrogens is 3. The number of hydrogen-bond acceptors (Lipinski definition) is 6. The van der Waals surface area contributed by atoms with Crippen molar-refractivity contribution in [3.63, 3.8) is 0 Å². The van der Waals surface area contributed by atoms with E-state index in [4.69, 9.17) is 14.4 Å². The summed E-state index contributed by atoms with van der Waals surface area (Å²) in [5.74, 6) is 1.95. The highest BCUT2D eigenvalue weighted by Gasteiger charge is 2.30. The molecule has 4 heterocycles. The van der Waals surface area contributed by atoms with Crippen molar-refractivity contribution in [1.82, 2.24) is 19.9 Å². The van der Waals surface area contributed by atoms with Crippen molar-refractivity contribution < 1.29 is 9.21 Å². The number of para-hydroxylation sites is 2. The number of nitrogens with zero attached hydrogens (tertiary/aromatic N) is 4. The number of fused-ring (bicyclic) bond motifs is 2. The maximum Gasteiger partial charge on any atom is 0.264 e. The van der Waals surface area contributed by atoms with Gasteiger partial charge < -0.3 is 9.32 Å². The number of carbonyl (C=O) groups excluding carboxylic acids is 1. The van der Waals surface area contributed by atoms with E-state index in [-0.39, 0.29) is 17.2 Å². The molecule has 32 heavy (non-hydrogen) atoms. The number of carbonyl (C=O) groups is 1. The van der Waals surface area contributed by atoms with Gasteiger partial charge in [-0.2, -0.15) is 0 Å². The van der Waals surface area contributed by atoms with Crippen LogP contribution >= 0.6 is 11.3 Å². The van der Waals surface area contributed by atoms with Gasteiger partial charge in [0, 0.05) is 29.8 Å². The standard InChI is InChI=1S/C25H28N4O2S/c1-14-19-15(2)26-24(25(3,4)5)28-22(19)32-20(14)23(30)29-12-10-16(11-13-29)21-27-17-8-6-7-9-18(17)31-21/h6-9,16H,10-13H2,1-5H3. The van der Waals surface area contributed by atoms with Gasteiger partial charge in [0.15, 0.2) is 11.5 Å². The van der Waals surface area contributed by atoms with Crippen molar-refractivity contribution >= 4 is 38.6 Å². The molecular weight excluding hydrogens is 420 g/mol. The zero-order valence-corrected chi connectivity index (χ0v) is 20.0. The lowest BCUT2D eigenvalue weighted by atomic mass is 9.95. The van der Waals surface area contributed by atoms with Gasteiger partial charge in [-0.15, -0.1) is 11.3 Å². The lowest BCUT2D eigenvalue weighted by molar-refractivity contribution is 0.0711. The van der Waals surface area contributed by atoms with E-state index in [9.17, 15) is 4.79 Å². The first kappa shape index (κ1) is 21.1. The van der Waals surface area contributed by atoms with E-state index in [2.05, 4.69) is 25.8 Å². The zero-order valence-electron chi connectivity index (χ0n) is 19.2. The summed E-state index contributed by atoms with van der Waals surface area (Å²) in [6.07, 6.45) is 1.71. The number of rotatable bonds is 2. The largest absolute Gasteiger partial charge is 0.440 e. The smallest absolute Gasteiger partial charge is 0.264 e. The number of piperidine rings is 1. The van der Waals surface area contributed by atoms with Crippen LogP contribution in [0, 0.1) is 13.8 Å². The summed E-state index contributed by atoms with van der Waals surface area (Å²) in [5, 5.41) is 1.02. The third-order valence-electron chi connectivity index (χ3n) is 6.28. The Hall–Kier alpha value is -2.80. The topological polar surface area (TPSA) is 72.1 Å². The minimum atomic E-state index is -0.131. The second kappa shape index (κ2) is 7.66. The second-order valence-corrected chi connectivity index (χ2v) is 10.7. The molecular formula is C25H28N4O2S. The molecule has 0 saturated carbocycles. The molecule has 7 heteroatoms. The first-order chi connectivity index (χ1) is 15.2.